The molecule has 2 fully saturated rings. The summed E-state index contributed by atoms with van der Waals surface area (Å²) in [5, 5.41) is 9.01. The van der Waals surface area contributed by atoms with Gasteiger partial charge in [0.2, 0.25) is 11.8 Å². The molecule has 1 unspecified atom stereocenters. The number of carbonyl (C=O) groups excluding carboxylic acids is 2. The van der Waals surface area contributed by atoms with Gasteiger partial charge < -0.3 is 16.0 Å². The molecule has 6 nitrogen and oxygen atoms in total. The van der Waals surface area contributed by atoms with Gasteiger partial charge >= 0.3 is 0 Å². The number of nitrogens with zero attached hydrogens (tertiary/aromatic N) is 1. The van der Waals surface area contributed by atoms with Gasteiger partial charge in [0.1, 0.15) is 0 Å². The van der Waals surface area contributed by atoms with E-state index in [2.05, 4.69) is 20.9 Å². The van der Waals surface area contributed by atoms with Gasteiger partial charge in [0.25, 0.3) is 0 Å². The molecule has 1 aliphatic heterocycles. The number of hydrogen-bond acceptors (Lipinski definition) is 4. The molecule has 0 aromatic carbocycles. The number of pyridine rings is 1. The predicted octanol–water partition coefficient (Wildman–Crippen LogP) is 0.916. The molecule has 1 saturated heterocycles. The third-order valence-corrected chi connectivity index (χ3v) is 4.72. The Bertz CT molecular complexity index is 540. The van der Waals surface area contributed by atoms with Crippen LogP contribution in [0.2, 0.25) is 0 Å². The van der Waals surface area contributed by atoms with Crippen molar-refractivity contribution >= 4 is 17.5 Å². The number of aromatic nitrogens is 1. The average molecular weight is 302 g/mol. The summed E-state index contributed by atoms with van der Waals surface area (Å²) in [5.41, 5.74) is 0.969. The minimum absolute atomic E-state index is 0.0983. The molecule has 1 spiro atoms. The lowest BCUT2D eigenvalue weighted by molar-refractivity contribution is -0.123. The fourth-order valence-corrected chi connectivity index (χ4v) is 3.28. The molecule has 118 valence electrons. The molecule has 3 rings (SSSR count). The van der Waals surface area contributed by atoms with Crippen LogP contribution in [-0.2, 0) is 9.59 Å². The predicted molar refractivity (Wildman–Crippen MR) is 83.1 cm³/mol. The van der Waals surface area contributed by atoms with E-state index in [1.165, 1.54) is 0 Å². The Kier molecular flexibility index (Phi) is 4.38. The third-order valence-electron chi connectivity index (χ3n) is 4.72. The Labute approximate surface area is 130 Å². The van der Waals surface area contributed by atoms with Crippen molar-refractivity contribution in [1.82, 2.24) is 15.6 Å². The largest absolute Gasteiger partial charge is 0.355 e. The van der Waals surface area contributed by atoms with Crippen LogP contribution < -0.4 is 16.0 Å². The summed E-state index contributed by atoms with van der Waals surface area (Å²) >= 11 is 0. The van der Waals surface area contributed by atoms with Gasteiger partial charge in [0, 0.05) is 37.0 Å². The second-order valence-electron chi connectivity index (χ2n) is 6.19. The summed E-state index contributed by atoms with van der Waals surface area (Å²) in [5.74, 6) is 0.162. The third kappa shape index (κ3) is 3.44. The van der Waals surface area contributed by atoms with Crippen molar-refractivity contribution in [3.05, 3.63) is 24.5 Å². The minimum atomic E-state index is -0.0983. The Balaban J connectivity index is 1.36. The lowest BCUT2D eigenvalue weighted by atomic mass is 9.92. The summed E-state index contributed by atoms with van der Waals surface area (Å²) in [6.07, 6.45) is 6.73. The molecule has 1 atom stereocenters. The highest BCUT2D eigenvalue weighted by molar-refractivity contribution is 5.91. The topological polar surface area (TPSA) is 83.1 Å². The first kappa shape index (κ1) is 15.0. The van der Waals surface area contributed by atoms with Crippen LogP contribution in [0.3, 0.4) is 0 Å². The van der Waals surface area contributed by atoms with E-state index in [1.54, 1.807) is 24.5 Å². The lowest BCUT2D eigenvalue weighted by Crippen LogP contribution is -2.34. The normalized spacial score (nSPS) is 22.1. The van der Waals surface area contributed by atoms with Gasteiger partial charge in [-0.1, -0.05) is 0 Å². The van der Waals surface area contributed by atoms with Gasteiger partial charge in [0.05, 0.1) is 0 Å². The highest BCUT2D eigenvalue weighted by Crippen LogP contribution is 2.58. The van der Waals surface area contributed by atoms with Crippen LogP contribution in [0.4, 0.5) is 5.69 Å². The molecular weight excluding hydrogens is 280 g/mol. The standard InChI is InChI=1S/C16H22N4O2/c21-14(20-12-1-6-17-7-2-12)3-8-19-15(22)13-11-16(13)4-9-18-10-5-16/h1-2,6-7,13,18H,3-5,8-11H2,(H,19,22)(H,17,20,21). The maximum Gasteiger partial charge on any atom is 0.226 e. The smallest absolute Gasteiger partial charge is 0.226 e. The summed E-state index contributed by atoms with van der Waals surface area (Å²) in [6, 6.07) is 3.48. The number of hydrogen-bond donors (Lipinski definition) is 3. The van der Waals surface area contributed by atoms with Crippen LogP contribution in [0.15, 0.2) is 24.5 Å². The lowest BCUT2D eigenvalue weighted by Gasteiger charge is -2.23. The summed E-state index contributed by atoms with van der Waals surface area (Å²) in [7, 11) is 0. The Morgan fingerprint density at radius 1 is 1.27 bits per heavy atom. The molecule has 1 aliphatic carbocycles. The van der Waals surface area contributed by atoms with Gasteiger partial charge in [0.15, 0.2) is 0 Å². The van der Waals surface area contributed by atoms with Gasteiger partial charge in [-0.05, 0) is 49.9 Å². The maximum atomic E-state index is 12.1. The van der Waals surface area contributed by atoms with Crippen LogP contribution >= 0.6 is 0 Å². The van der Waals surface area contributed by atoms with Crippen molar-refractivity contribution in [3.8, 4) is 0 Å². The number of amides is 2. The van der Waals surface area contributed by atoms with Crippen molar-refractivity contribution in [2.24, 2.45) is 11.3 Å². The van der Waals surface area contributed by atoms with Gasteiger partial charge in [-0.15, -0.1) is 0 Å². The van der Waals surface area contributed by atoms with Crippen LogP contribution in [0.1, 0.15) is 25.7 Å². The molecule has 1 aromatic heterocycles. The van der Waals surface area contributed by atoms with E-state index in [1.807, 2.05) is 0 Å². The maximum absolute atomic E-state index is 12.1. The molecule has 22 heavy (non-hydrogen) atoms. The zero-order valence-corrected chi connectivity index (χ0v) is 12.6. The van der Waals surface area contributed by atoms with Gasteiger partial charge in [-0.3, -0.25) is 14.6 Å². The first-order valence-corrected chi connectivity index (χ1v) is 7.88. The molecule has 0 radical (unpaired) electrons. The Morgan fingerprint density at radius 2 is 2.00 bits per heavy atom. The number of nitrogens with one attached hydrogen (secondary N) is 3. The monoisotopic (exact) mass is 302 g/mol. The van der Waals surface area contributed by atoms with Crippen molar-refractivity contribution in [3.63, 3.8) is 0 Å². The van der Waals surface area contributed by atoms with E-state index in [0.29, 0.717) is 6.54 Å². The fourth-order valence-electron chi connectivity index (χ4n) is 3.28. The highest BCUT2D eigenvalue weighted by atomic mass is 16.2. The van der Waals surface area contributed by atoms with Crippen LogP contribution in [-0.4, -0.2) is 36.4 Å². The Morgan fingerprint density at radius 3 is 2.73 bits per heavy atom. The van der Waals surface area contributed by atoms with E-state index >= 15 is 0 Å². The fraction of sp³-hybridized carbons (Fsp3) is 0.562. The molecule has 1 saturated carbocycles. The molecule has 1 aromatic rings. The van der Waals surface area contributed by atoms with Crippen molar-refractivity contribution < 1.29 is 9.59 Å². The molecule has 2 heterocycles. The number of piperidine rings is 1. The SMILES string of the molecule is O=C(CCNC(=O)C1CC12CCNCC2)Nc1ccncc1. The van der Waals surface area contributed by atoms with Crippen LogP contribution in [0.25, 0.3) is 0 Å². The molecule has 3 N–H and O–H groups in total. The van der Waals surface area contributed by atoms with Crippen LogP contribution in [0, 0.1) is 11.3 Å². The summed E-state index contributed by atoms with van der Waals surface area (Å²) in [4.78, 5) is 27.8. The minimum Gasteiger partial charge on any atom is -0.355 e. The molecular formula is C16H22N4O2. The quantitative estimate of drug-likeness (QED) is 0.755. The number of carbonyl (C=O) groups is 2. The zero-order chi connectivity index (χ0) is 15.4. The van der Waals surface area contributed by atoms with Crippen LogP contribution in [0.5, 0.6) is 0 Å². The summed E-state index contributed by atoms with van der Waals surface area (Å²) < 4.78 is 0. The second kappa shape index (κ2) is 6.44. The molecule has 2 amide bonds. The van der Waals surface area contributed by atoms with E-state index in [-0.39, 0.29) is 29.6 Å². The number of rotatable bonds is 5. The average Bonchev–Trinajstić information content (AvgIpc) is 3.22. The van der Waals surface area contributed by atoms with Crippen molar-refractivity contribution in [2.45, 2.75) is 25.7 Å². The first-order chi connectivity index (χ1) is 10.7. The van der Waals surface area contributed by atoms with Gasteiger partial charge in [-0.2, -0.15) is 0 Å². The molecule has 6 heteroatoms. The second-order valence-corrected chi connectivity index (χ2v) is 6.19. The summed E-state index contributed by atoms with van der Waals surface area (Å²) in [6.45, 7) is 2.41. The van der Waals surface area contributed by atoms with E-state index in [0.717, 1.165) is 38.0 Å². The van der Waals surface area contributed by atoms with Crippen molar-refractivity contribution in [1.29, 1.82) is 0 Å². The Hall–Kier alpha value is -1.95. The van der Waals surface area contributed by atoms with Gasteiger partial charge in [-0.25, -0.2) is 0 Å². The molecule has 0 bridgehead atoms. The zero-order valence-electron chi connectivity index (χ0n) is 12.6. The first-order valence-electron chi connectivity index (χ1n) is 7.88. The van der Waals surface area contributed by atoms with E-state index in [4.69, 9.17) is 0 Å². The van der Waals surface area contributed by atoms with Crippen molar-refractivity contribution in [2.75, 3.05) is 25.0 Å². The number of anilines is 1. The van der Waals surface area contributed by atoms with E-state index < -0.39 is 0 Å². The molecule has 2 aliphatic rings. The highest BCUT2D eigenvalue weighted by Gasteiger charge is 2.57. The van der Waals surface area contributed by atoms with E-state index in [9.17, 15) is 9.59 Å².